The van der Waals surface area contributed by atoms with E-state index in [1.165, 1.54) is 27.8 Å². The van der Waals surface area contributed by atoms with Crippen molar-refractivity contribution in [3.05, 3.63) is 131 Å². The van der Waals surface area contributed by atoms with Crippen LogP contribution < -0.4 is 4.74 Å². The number of hydrogen-bond acceptors (Lipinski definition) is 3. The van der Waals surface area contributed by atoms with Gasteiger partial charge >= 0.3 is 20.4 Å². The monoisotopic (exact) mass is 736 g/mol. The van der Waals surface area contributed by atoms with Crippen LogP contribution in [0.2, 0.25) is 0 Å². The number of nitrogens with zero attached hydrogens (tertiary/aromatic N) is 4. The summed E-state index contributed by atoms with van der Waals surface area (Å²) in [6.07, 6.45) is 1.90. The molecule has 0 saturated carbocycles. The first-order chi connectivity index (χ1) is 22.9. The molecule has 3 aromatic heterocycles. The molecule has 7 aromatic rings. The van der Waals surface area contributed by atoms with Gasteiger partial charge in [-0.05, 0) is 90.6 Å². The Balaban J connectivity index is 0.00000417. The van der Waals surface area contributed by atoms with Gasteiger partial charge in [-0.2, -0.15) is 11.2 Å². The second-order valence-corrected chi connectivity index (χ2v) is 14.2. The predicted molar refractivity (Wildman–Crippen MR) is 197 cm³/mol. The van der Waals surface area contributed by atoms with Crippen molar-refractivity contribution in [1.29, 1.82) is 0 Å². The molecule has 0 spiro atoms. The molecule has 3 heterocycles. The molecule has 0 fully saturated rings. The maximum absolute atomic E-state index is 6.62. The molecule has 0 aliphatic carbocycles. The smallest absolute Gasteiger partial charge is 0.509 e. The zero-order valence-corrected chi connectivity index (χ0v) is 31.2. The summed E-state index contributed by atoms with van der Waals surface area (Å²) in [5.74, 6) is 2.39. The number of fused-ring (bicyclic) bond motifs is 3. The summed E-state index contributed by atoms with van der Waals surface area (Å²) in [5.41, 5.74) is 12.2. The molecular weight excluding hydrogens is 695 g/mol. The molecule has 0 aliphatic rings. The van der Waals surface area contributed by atoms with Crippen molar-refractivity contribution in [2.24, 2.45) is 0 Å². The van der Waals surface area contributed by atoms with Crippen LogP contribution in [0, 0.1) is 39.8 Å². The topological polar surface area (TPSA) is 44.9 Å². The first-order valence-electron chi connectivity index (χ1n) is 16.7. The maximum atomic E-state index is 6.62. The van der Waals surface area contributed by atoms with Gasteiger partial charge < -0.3 is 9.30 Å². The van der Waals surface area contributed by atoms with E-state index in [9.17, 15) is 0 Å². The van der Waals surface area contributed by atoms with Crippen LogP contribution in [-0.4, -0.2) is 19.3 Å². The third kappa shape index (κ3) is 6.25. The Labute approximate surface area is 303 Å². The number of aryl methyl sites for hydroxylation is 3. The number of benzene rings is 4. The summed E-state index contributed by atoms with van der Waals surface area (Å²) < 4.78 is 10.8. The van der Waals surface area contributed by atoms with Gasteiger partial charge in [0.2, 0.25) is 0 Å². The Morgan fingerprint density at radius 2 is 1.49 bits per heavy atom. The first-order valence-corrected chi connectivity index (χ1v) is 16.7. The zero-order valence-electron chi connectivity index (χ0n) is 29.7. The molecule has 0 aliphatic heterocycles. The van der Waals surface area contributed by atoms with Crippen molar-refractivity contribution in [3.63, 3.8) is 0 Å². The molecule has 7 rings (SSSR count). The van der Waals surface area contributed by atoms with Gasteiger partial charge in [0, 0.05) is 34.5 Å². The van der Waals surface area contributed by atoms with E-state index < -0.39 is 0 Å². The van der Waals surface area contributed by atoms with Crippen molar-refractivity contribution in [1.82, 2.24) is 19.3 Å². The van der Waals surface area contributed by atoms with Gasteiger partial charge in [-0.3, -0.25) is 4.68 Å². The Morgan fingerprint density at radius 3 is 2.20 bits per heavy atom. The predicted octanol–water partition coefficient (Wildman–Crippen LogP) is 11.1. The fourth-order valence-corrected chi connectivity index (χ4v) is 6.80. The minimum atomic E-state index is -0.00556. The first kappa shape index (κ1) is 34.4. The molecule has 0 bridgehead atoms. The van der Waals surface area contributed by atoms with E-state index in [0.29, 0.717) is 11.5 Å². The van der Waals surface area contributed by atoms with Gasteiger partial charge in [0.1, 0.15) is 5.82 Å². The molecule has 250 valence electrons. The molecule has 0 radical (unpaired) electrons. The third-order valence-corrected chi connectivity index (χ3v) is 9.39. The van der Waals surface area contributed by atoms with Crippen molar-refractivity contribution in [2.45, 2.75) is 73.6 Å². The average molecular weight is 737 g/mol. The zero-order chi connectivity index (χ0) is 33.9. The van der Waals surface area contributed by atoms with Gasteiger partial charge in [0.05, 0.1) is 5.69 Å². The fourth-order valence-electron chi connectivity index (χ4n) is 6.80. The molecule has 4 aromatic carbocycles. The van der Waals surface area contributed by atoms with E-state index in [0.717, 1.165) is 50.3 Å². The van der Waals surface area contributed by atoms with Crippen LogP contribution in [0.4, 0.5) is 0 Å². The van der Waals surface area contributed by atoms with E-state index in [4.69, 9.17) is 14.8 Å². The minimum absolute atomic E-state index is 0. The van der Waals surface area contributed by atoms with Crippen LogP contribution in [0.5, 0.6) is 11.5 Å². The summed E-state index contributed by atoms with van der Waals surface area (Å²) in [5, 5.41) is 7.29. The Hall–Kier alpha value is -4.50. The summed E-state index contributed by atoms with van der Waals surface area (Å²) in [4.78, 5) is 4.82. The van der Waals surface area contributed by atoms with Gasteiger partial charge in [0.25, 0.3) is 0 Å². The number of pyridine rings is 1. The van der Waals surface area contributed by atoms with E-state index >= 15 is 0 Å². The van der Waals surface area contributed by atoms with E-state index in [-0.39, 0.29) is 31.8 Å². The molecule has 49 heavy (non-hydrogen) atoms. The number of hydrogen-bond donors (Lipinski definition) is 0. The molecular formula is C43H42N4OPd. The van der Waals surface area contributed by atoms with Gasteiger partial charge in [-0.1, -0.05) is 76.5 Å². The van der Waals surface area contributed by atoms with Crippen LogP contribution in [-0.2, 0) is 25.8 Å². The van der Waals surface area contributed by atoms with Crippen molar-refractivity contribution >= 4 is 21.8 Å². The molecule has 0 saturated heterocycles. The Kier molecular flexibility index (Phi) is 9.18. The summed E-state index contributed by atoms with van der Waals surface area (Å²) >= 11 is 0. The average Bonchev–Trinajstić information content (AvgIpc) is 3.53. The molecule has 0 amide bonds. The second-order valence-electron chi connectivity index (χ2n) is 14.2. The molecule has 5 nitrogen and oxygen atoms in total. The van der Waals surface area contributed by atoms with Gasteiger partial charge in [-0.15, -0.1) is 41.3 Å². The number of ether oxygens (including phenoxy) is 1. The summed E-state index contributed by atoms with van der Waals surface area (Å²) in [6, 6.07) is 34.7. The Bertz CT molecular complexity index is 2320. The van der Waals surface area contributed by atoms with Crippen LogP contribution in [0.25, 0.3) is 44.4 Å². The summed E-state index contributed by atoms with van der Waals surface area (Å²) in [6.45, 7) is 19.6. The van der Waals surface area contributed by atoms with Crippen LogP contribution >= 0.6 is 0 Å². The molecule has 0 unspecified atom stereocenters. The molecule has 0 N–H and O–H groups in total. The normalized spacial score (nSPS) is 11.8. The molecule has 6 heteroatoms. The summed E-state index contributed by atoms with van der Waals surface area (Å²) in [7, 11) is 0. The van der Waals surface area contributed by atoms with Gasteiger partial charge in [0.15, 0.2) is 0 Å². The fraction of sp³-hybridized carbons (Fsp3) is 0.256. The van der Waals surface area contributed by atoms with E-state index in [1.54, 1.807) is 0 Å². The number of aromatic nitrogens is 4. The third-order valence-electron chi connectivity index (χ3n) is 9.39. The van der Waals surface area contributed by atoms with Crippen LogP contribution in [0.1, 0.15) is 74.2 Å². The van der Waals surface area contributed by atoms with E-state index in [1.807, 2.05) is 16.9 Å². The van der Waals surface area contributed by atoms with Gasteiger partial charge in [-0.25, -0.2) is 4.98 Å². The van der Waals surface area contributed by atoms with Crippen molar-refractivity contribution in [2.75, 3.05) is 0 Å². The van der Waals surface area contributed by atoms with Crippen LogP contribution in [0.15, 0.2) is 85.1 Å². The maximum Gasteiger partial charge on any atom is 2.00 e. The minimum Gasteiger partial charge on any atom is -0.509 e. The number of rotatable bonds is 6. The van der Waals surface area contributed by atoms with Crippen molar-refractivity contribution < 1.29 is 25.2 Å². The largest absolute Gasteiger partial charge is 2.00 e. The standard InChI is InChI=1S/C43H42N4O.Pd/c1-26(2)31-21-33(47-30(6)42(29(5)45-47)41-27(3)13-12-14-28(41)4)24-35(22-31)48-34-17-18-37-36-15-10-11-16-38(36)46(39(37)25-34)40-23-32(19-20-44-40)43(7,8)9;/h10-23,26H,1-9H3;/q-2;+2. The number of para-hydroxylation sites is 1. The van der Waals surface area contributed by atoms with E-state index in [2.05, 4.69) is 152 Å². The second kappa shape index (κ2) is 13.1. The quantitative estimate of drug-likeness (QED) is 0.126. The van der Waals surface area contributed by atoms with Crippen molar-refractivity contribution in [3.8, 4) is 34.1 Å². The Morgan fingerprint density at radius 1 is 0.755 bits per heavy atom. The SMILES string of the molecule is Cc1cccc(C)c1-c1c(C)nn(-c2[c-]c(Oc3[c-]c4c(cc3)c3ccccc3n4-c3cc(C(C)(C)C)ccn3)cc(C(C)C)c2)c1C.[Pd+2]. The van der Waals surface area contributed by atoms with Crippen LogP contribution in [0.3, 0.4) is 0 Å². The molecule has 0 atom stereocenters.